The molecule has 0 spiro atoms. The Morgan fingerprint density at radius 2 is 2.00 bits per heavy atom. The number of carbonyl (C=O) groups is 1. The second kappa shape index (κ2) is 5.77. The van der Waals surface area contributed by atoms with E-state index in [0.717, 1.165) is 21.5 Å². The van der Waals surface area contributed by atoms with Crippen LogP contribution in [0.4, 0.5) is 0 Å². The molecule has 3 rings (SSSR count). The summed E-state index contributed by atoms with van der Waals surface area (Å²) in [6.45, 7) is 0.771. The molecule has 21 heavy (non-hydrogen) atoms. The number of hydrogen-bond acceptors (Lipinski definition) is 3. The predicted molar refractivity (Wildman–Crippen MR) is 82.5 cm³/mol. The first-order chi connectivity index (χ1) is 10.1. The molecule has 1 amide bonds. The highest BCUT2D eigenvalue weighted by atomic mass is 79.9. The Bertz CT molecular complexity index is 687. The molecule has 108 valence electrons. The van der Waals surface area contributed by atoms with E-state index in [1.165, 1.54) is 0 Å². The number of ether oxygens (including phenoxy) is 2. The smallest absolute Gasteiger partial charge is 0.253 e. The zero-order valence-corrected chi connectivity index (χ0v) is 13.1. The van der Waals surface area contributed by atoms with Crippen molar-refractivity contribution >= 4 is 21.8 Å². The maximum Gasteiger partial charge on any atom is 0.253 e. The van der Waals surface area contributed by atoms with Gasteiger partial charge in [0.1, 0.15) is 0 Å². The number of carbonyl (C=O) groups excluding carboxylic acids is 1. The van der Waals surface area contributed by atoms with Crippen LogP contribution in [-0.2, 0) is 6.54 Å². The minimum Gasteiger partial charge on any atom is -0.454 e. The molecule has 5 heteroatoms. The summed E-state index contributed by atoms with van der Waals surface area (Å²) in [6.07, 6.45) is 0. The lowest BCUT2D eigenvalue weighted by atomic mass is 10.1. The Labute approximate surface area is 131 Å². The van der Waals surface area contributed by atoms with Crippen molar-refractivity contribution < 1.29 is 14.3 Å². The standard InChI is InChI=1S/C16H14BrNO3/c1-18(16(19)12-3-2-4-13(17)8-12)9-11-5-6-14-15(7-11)21-10-20-14/h2-8H,9-10H2,1H3. The normalized spacial score (nSPS) is 12.3. The number of hydrogen-bond donors (Lipinski definition) is 0. The lowest BCUT2D eigenvalue weighted by molar-refractivity contribution is 0.0785. The van der Waals surface area contributed by atoms with Gasteiger partial charge in [-0.05, 0) is 35.9 Å². The van der Waals surface area contributed by atoms with E-state index in [1.54, 1.807) is 11.9 Å². The molecule has 0 N–H and O–H groups in total. The zero-order valence-electron chi connectivity index (χ0n) is 11.5. The van der Waals surface area contributed by atoms with Gasteiger partial charge in [-0.2, -0.15) is 0 Å². The van der Waals surface area contributed by atoms with Crippen LogP contribution in [0.3, 0.4) is 0 Å². The van der Waals surface area contributed by atoms with Gasteiger partial charge >= 0.3 is 0 Å². The largest absolute Gasteiger partial charge is 0.454 e. The van der Waals surface area contributed by atoms with Crippen LogP contribution in [0, 0.1) is 0 Å². The first-order valence-electron chi connectivity index (χ1n) is 6.53. The zero-order chi connectivity index (χ0) is 14.8. The fourth-order valence-electron chi connectivity index (χ4n) is 2.23. The highest BCUT2D eigenvalue weighted by Gasteiger charge is 2.16. The number of nitrogens with zero attached hydrogens (tertiary/aromatic N) is 1. The molecular formula is C16H14BrNO3. The van der Waals surface area contributed by atoms with Gasteiger partial charge < -0.3 is 14.4 Å². The third kappa shape index (κ3) is 3.03. The van der Waals surface area contributed by atoms with Gasteiger partial charge in [0, 0.05) is 23.6 Å². The lowest BCUT2D eigenvalue weighted by Crippen LogP contribution is -2.26. The van der Waals surface area contributed by atoms with Crippen molar-refractivity contribution in [2.24, 2.45) is 0 Å². The van der Waals surface area contributed by atoms with Crippen LogP contribution in [0.5, 0.6) is 11.5 Å². The second-order valence-electron chi connectivity index (χ2n) is 4.86. The van der Waals surface area contributed by atoms with Crippen molar-refractivity contribution in [2.75, 3.05) is 13.8 Å². The first-order valence-corrected chi connectivity index (χ1v) is 7.32. The van der Waals surface area contributed by atoms with Gasteiger partial charge in [-0.3, -0.25) is 4.79 Å². The summed E-state index contributed by atoms with van der Waals surface area (Å²) in [5.41, 5.74) is 1.66. The van der Waals surface area contributed by atoms with Gasteiger partial charge in [0.15, 0.2) is 11.5 Å². The van der Waals surface area contributed by atoms with Crippen molar-refractivity contribution in [3.8, 4) is 11.5 Å². The second-order valence-corrected chi connectivity index (χ2v) is 5.77. The molecule has 2 aromatic rings. The highest BCUT2D eigenvalue weighted by molar-refractivity contribution is 9.10. The minimum atomic E-state index is -0.0195. The maximum atomic E-state index is 12.4. The summed E-state index contributed by atoms with van der Waals surface area (Å²) in [6, 6.07) is 13.1. The predicted octanol–water partition coefficient (Wildman–Crippen LogP) is 3.45. The maximum absolute atomic E-state index is 12.4. The molecule has 0 saturated carbocycles. The van der Waals surface area contributed by atoms with Gasteiger partial charge in [0.2, 0.25) is 6.79 Å². The molecule has 0 saturated heterocycles. The third-order valence-electron chi connectivity index (χ3n) is 3.27. The van der Waals surface area contributed by atoms with E-state index >= 15 is 0 Å². The van der Waals surface area contributed by atoms with Crippen molar-refractivity contribution in [2.45, 2.75) is 6.54 Å². The molecule has 1 heterocycles. The molecule has 0 bridgehead atoms. The van der Waals surface area contributed by atoms with Crippen LogP contribution < -0.4 is 9.47 Å². The van der Waals surface area contributed by atoms with Crippen LogP contribution in [0.15, 0.2) is 46.9 Å². The van der Waals surface area contributed by atoms with E-state index in [4.69, 9.17) is 9.47 Å². The number of fused-ring (bicyclic) bond motifs is 1. The van der Waals surface area contributed by atoms with Crippen LogP contribution in [0.1, 0.15) is 15.9 Å². The van der Waals surface area contributed by atoms with Gasteiger partial charge in [0.05, 0.1) is 0 Å². The molecule has 0 fully saturated rings. The summed E-state index contributed by atoms with van der Waals surface area (Å²) in [5, 5.41) is 0. The Balaban J connectivity index is 1.74. The minimum absolute atomic E-state index is 0.0195. The van der Waals surface area contributed by atoms with Crippen LogP contribution in [0.25, 0.3) is 0 Å². The summed E-state index contributed by atoms with van der Waals surface area (Å²) in [4.78, 5) is 14.1. The summed E-state index contributed by atoms with van der Waals surface area (Å²) in [7, 11) is 1.79. The van der Waals surface area contributed by atoms with E-state index < -0.39 is 0 Å². The SMILES string of the molecule is CN(Cc1ccc2c(c1)OCO2)C(=O)c1cccc(Br)c1. The van der Waals surface area contributed by atoms with Crippen molar-refractivity contribution in [1.82, 2.24) is 4.90 Å². The van der Waals surface area contributed by atoms with E-state index in [0.29, 0.717) is 12.1 Å². The van der Waals surface area contributed by atoms with Crippen LogP contribution in [0.2, 0.25) is 0 Å². The van der Waals surface area contributed by atoms with E-state index in [2.05, 4.69) is 15.9 Å². The van der Waals surface area contributed by atoms with Gasteiger partial charge in [-0.25, -0.2) is 0 Å². The Hall–Kier alpha value is -2.01. The van der Waals surface area contributed by atoms with Gasteiger partial charge in [-0.15, -0.1) is 0 Å². The van der Waals surface area contributed by atoms with E-state index in [1.807, 2.05) is 42.5 Å². The molecule has 0 aliphatic carbocycles. The summed E-state index contributed by atoms with van der Waals surface area (Å²) < 4.78 is 11.5. The number of amides is 1. The number of benzene rings is 2. The fraction of sp³-hybridized carbons (Fsp3) is 0.188. The molecule has 1 aliphatic rings. The summed E-state index contributed by atoms with van der Waals surface area (Å²) in [5.74, 6) is 1.46. The monoisotopic (exact) mass is 347 g/mol. The van der Waals surface area contributed by atoms with Crippen LogP contribution in [-0.4, -0.2) is 24.6 Å². The third-order valence-corrected chi connectivity index (χ3v) is 3.77. The molecule has 0 unspecified atom stereocenters. The van der Waals surface area contributed by atoms with Crippen molar-refractivity contribution in [3.05, 3.63) is 58.1 Å². The topological polar surface area (TPSA) is 38.8 Å². The molecule has 0 aromatic heterocycles. The van der Waals surface area contributed by atoms with E-state index in [-0.39, 0.29) is 12.7 Å². The van der Waals surface area contributed by atoms with E-state index in [9.17, 15) is 4.79 Å². The molecule has 0 atom stereocenters. The Kier molecular flexibility index (Phi) is 3.84. The molecule has 2 aromatic carbocycles. The fourth-order valence-corrected chi connectivity index (χ4v) is 2.63. The Morgan fingerprint density at radius 1 is 1.19 bits per heavy atom. The first kappa shape index (κ1) is 13.9. The number of rotatable bonds is 3. The molecule has 4 nitrogen and oxygen atoms in total. The summed E-state index contributed by atoms with van der Waals surface area (Å²) >= 11 is 3.38. The molecular weight excluding hydrogens is 334 g/mol. The molecule has 0 radical (unpaired) electrons. The van der Waals surface area contributed by atoms with Gasteiger partial charge in [0.25, 0.3) is 5.91 Å². The quantitative estimate of drug-likeness (QED) is 0.853. The van der Waals surface area contributed by atoms with Crippen molar-refractivity contribution in [1.29, 1.82) is 0 Å². The average Bonchev–Trinajstić information content (AvgIpc) is 2.94. The number of halogens is 1. The van der Waals surface area contributed by atoms with Gasteiger partial charge in [-0.1, -0.05) is 28.1 Å². The highest BCUT2D eigenvalue weighted by Crippen LogP contribution is 2.32. The average molecular weight is 348 g/mol. The molecule has 1 aliphatic heterocycles. The Morgan fingerprint density at radius 3 is 2.81 bits per heavy atom. The lowest BCUT2D eigenvalue weighted by Gasteiger charge is -2.17. The van der Waals surface area contributed by atoms with Crippen LogP contribution >= 0.6 is 15.9 Å². The van der Waals surface area contributed by atoms with Crippen molar-refractivity contribution in [3.63, 3.8) is 0 Å².